The number of aromatic amines is 1. The van der Waals surface area contributed by atoms with Crippen LogP contribution >= 0.6 is 0 Å². The van der Waals surface area contributed by atoms with Crippen LogP contribution in [-0.2, 0) is 0 Å². The fourth-order valence-electron chi connectivity index (χ4n) is 2.22. The Labute approximate surface area is 111 Å². The average molecular weight is 253 g/mol. The summed E-state index contributed by atoms with van der Waals surface area (Å²) in [6, 6.07) is 15.4. The van der Waals surface area contributed by atoms with Crippen LogP contribution in [0, 0.1) is 0 Å². The molecule has 1 atom stereocenters. The Hall–Kier alpha value is -2.26. The molecule has 3 aromatic rings. The Morgan fingerprint density at radius 3 is 2.47 bits per heavy atom. The van der Waals surface area contributed by atoms with Gasteiger partial charge in [0.25, 0.3) is 0 Å². The normalized spacial score (nSPS) is 12.5. The predicted molar refractivity (Wildman–Crippen MR) is 75.4 cm³/mol. The Kier molecular flexibility index (Phi) is 2.97. The zero-order chi connectivity index (χ0) is 13.2. The fraction of sp³-hybridized carbons (Fsp3) is 0.125. The molecule has 0 fully saturated rings. The van der Waals surface area contributed by atoms with Crippen molar-refractivity contribution in [2.24, 2.45) is 0 Å². The van der Waals surface area contributed by atoms with Crippen LogP contribution in [0.15, 0.2) is 54.7 Å². The van der Waals surface area contributed by atoms with E-state index in [0.717, 1.165) is 27.8 Å². The van der Waals surface area contributed by atoms with Crippen molar-refractivity contribution in [2.75, 3.05) is 7.11 Å². The van der Waals surface area contributed by atoms with Crippen LogP contribution in [0.5, 0.6) is 5.75 Å². The first-order chi connectivity index (χ1) is 9.28. The van der Waals surface area contributed by atoms with Gasteiger partial charge < -0.3 is 14.8 Å². The molecule has 3 nitrogen and oxygen atoms in total. The van der Waals surface area contributed by atoms with Gasteiger partial charge in [0.15, 0.2) is 0 Å². The standard InChI is InChI=1S/C16H15NO2/c1-19-14-5-2-11(3-6-14)16(18)13-4-7-15-12(10-13)8-9-17-15/h2-10,16-18H,1H3. The first-order valence-corrected chi connectivity index (χ1v) is 6.17. The number of hydrogen-bond donors (Lipinski definition) is 2. The summed E-state index contributed by atoms with van der Waals surface area (Å²) in [6.07, 6.45) is 1.28. The first-order valence-electron chi connectivity index (χ1n) is 6.17. The fourth-order valence-corrected chi connectivity index (χ4v) is 2.22. The van der Waals surface area contributed by atoms with Crippen LogP contribution in [0.2, 0.25) is 0 Å². The van der Waals surface area contributed by atoms with E-state index in [2.05, 4.69) is 4.98 Å². The Morgan fingerprint density at radius 1 is 1.00 bits per heavy atom. The van der Waals surface area contributed by atoms with Crippen LogP contribution in [0.4, 0.5) is 0 Å². The van der Waals surface area contributed by atoms with Crippen LogP contribution in [0.3, 0.4) is 0 Å². The second kappa shape index (κ2) is 4.78. The molecule has 3 heteroatoms. The topological polar surface area (TPSA) is 45.2 Å². The van der Waals surface area contributed by atoms with Gasteiger partial charge in [-0.3, -0.25) is 0 Å². The van der Waals surface area contributed by atoms with Crippen molar-refractivity contribution < 1.29 is 9.84 Å². The average Bonchev–Trinajstić information content (AvgIpc) is 2.94. The second-order valence-electron chi connectivity index (χ2n) is 4.50. The maximum atomic E-state index is 10.4. The lowest BCUT2D eigenvalue weighted by Gasteiger charge is -2.12. The lowest BCUT2D eigenvalue weighted by atomic mass is 10.0. The number of nitrogens with one attached hydrogen (secondary N) is 1. The van der Waals surface area contributed by atoms with Gasteiger partial charge in [-0.1, -0.05) is 18.2 Å². The van der Waals surface area contributed by atoms with Gasteiger partial charge in [-0.25, -0.2) is 0 Å². The highest BCUT2D eigenvalue weighted by atomic mass is 16.5. The second-order valence-corrected chi connectivity index (χ2v) is 4.50. The van der Waals surface area contributed by atoms with E-state index in [9.17, 15) is 5.11 Å². The van der Waals surface area contributed by atoms with E-state index in [1.807, 2.05) is 54.7 Å². The molecule has 0 radical (unpaired) electrons. The highest BCUT2D eigenvalue weighted by molar-refractivity contribution is 5.80. The summed E-state index contributed by atoms with van der Waals surface area (Å²) in [5, 5.41) is 11.5. The SMILES string of the molecule is COc1ccc(C(O)c2ccc3[nH]ccc3c2)cc1. The Bertz CT molecular complexity index is 685. The maximum Gasteiger partial charge on any atom is 0.118 e. The van der Waals surface area contributed by atoms with E-state index in [1.165, 1.54) is 0 Å². The van der Waals surface area contributed by atoms with Crippen molar-refractivity contribution in [1.29, 1.82) is 0 Å². The van der Waals surface area contributed by atoms with E-state index in [1.54, 1.807) is 7.11 Å². The smallest absolute Gasteiger partial charge is 0.118 e. The maximum absolute atomic E-state index is 10.4. The van der Waals surface area contributed by atoms with Crippen molar-refractivity contribution in [3.63, 3.8) is 0 Å². The van der Waals surface area contributed by atoms with Gasteiger partial charge >= 0.3 is 0 Å². The lowest BCUT2D eigenvalue weighted by Crippen LogP contribution is -1.99. The summed E-state index contributed by atoms with van der Waals surface area (Å²) in [4.78, 5) is 3.14. The Balaban J connectivity index is 1.94. The number of hydrogen-bond acceptors (Lipinski definition) is 2. The molecule has 2 aromatic carbocycles. The number of aromatic nitrogens is 1. The molecule has 96 valence electrons. The quantitative estimate of drug-likeness (QED) is 0.752. The van der Waals surface area contributed by atoms with Crippen LogP contribution in [0.1, 0.15) is 17.2 Å². The summed E-state index contributed by atoms with van der Waals surface area (Å²) in [5.74, 6) is 0.789. The number of rotatable bonds is 3. The van der Waals surface area contributed by atoms with Crippen LogP contribution < -0.4 is 4.74 Å². The largest absolute Gasteiger partial charge is 0.497 e. The molecule has 1 aromatic heterocycles. The summed E-state index contributed by atoms with van der Waals surface area (Å²) in [5.41, 5.74) is 2.82. The van der Waals surface area contributed by atoms with E-state index in [0.29, 0.717) is 0 Å². The molecular formula is C16H15NO2. The van der Waals surface area contributed by atoms with Crippen molar-refractivity contribution in [3.05, 3.63) is 65.9 Å². The first kappa shape index (κ1) is 11.8. The summed E-state index contributed by atoms with van der Waals surface area (Å²) in [7, 11) is 1.63. The summed E-state index contributed by atoms with van der Waals surface area (Å²) >= 11 is 0. The lowest BCUT2D eigenvalue weighted by molar-refractivity contribution is 0.220. The van der Waals surface area contributed by atoms with E-state index in [-0.39, 0.29) is 0 Å². The minimum absolute atomic E-state index is 0.620. The number of aliphatic hydroxyl groups is 1. The van der Waals surface area contributed by atoms with Crippen LogP contribution in [-0.4, -0.2) is 17.2 Å². The number of methoxy groups -OCH3 is 1. The van der Waals surface area contributed by atoms with Gasteiger partial charge in [0.1, 0.15) is 11.9 Å². The van der Waals surface area contributed by atoms with Gasteiger partial charge in [-0.05, 0) is 46.8 Å². The zero-order valence-corrected chi connectivity index (χ0v) is 10.6. The third-order valence-electron chi connectivity index (χ3n) is 3.32. The molecule has 1 heterocycles. The van der Waals surface area contributed by atoms with Crippen molar-refractivity contribution in [1.82, 2.24) is 4.98 Å². The molecule has 0 aliphatic rings. The van der Waals surface area contributed by atoms with Crippen molar-refractivity contribution >= 4 is 10.9 Å². The highest BCUT2D eigenvalue weighted by Gasteiger charge is 2.11. The minimum atomic E-state index is -0.620. The molecule has 3 rings (SSSR count). The zero-order valence-electron chi connectivity index (χ0n) is 10.6. The van der Waals surface area contributed by atoms with Crippen LogP contribution in [0.25, 0.3) is 10.9 Å². The number of aliphatic hydroxyl groups excluding tert-OH is 1. The molecule has 19 heavy (non-hydrogen) atoms. The molecule has 0 saturated heterocycles. The Morgan fingerprint density at radius 2 is 1.74 bits per heavy atom. The van der Waals surface area contributed by atoms with Gasteiger partial charge in [-0.2, -0.15) is 0 Å². The molecule has 0 bridgehead atoms. The predicted octanol–water partition coefficient (Wildman–Crippen LogP) is 3.26. The molecule has 1 unspecified atom stereocenters. The van der Waals surface area contributed by atoms with Gasteiger partial charge in [0.05, 0.1) is 7.11 Å². The molecule has 2 N–H and O–H groups in total. The molecule has 0 aliphatic heterocycles. The monoisotopic (exact) mass is 253 g/mol. The van der Waals surface area contributed by atoms with Crippen molar-refractivity contribution in [3.8, 4) is 5.75 Å². The molecule has 0 spiro atoms. The third-order valence-corrected chi connectivity index (χ3v) is 3.32. The molecule has 0 saturated carbocycles. The van der Waals surface area contributed by atoms with Crippen molar-refractivity contribution in [2.45, 2.75) is 6.10 Å². The van der Waals surface area contributed by atoms with Gasteiger partial charge in [0, 0.05) is 11.7 Å². The summed E-state index contributed by atoms with van der Waals surface area (Å²) in [6.45, 7) is 0. The van der Waals surface area contributed by atoms with E-state index < -0.39 is 6.10 Å². The minimum Gasteiger partial charge on any atom is -0.497 e. The third kappa shape index (κ3) is 2.20. The molecular weight excluding hydrogens is 238 g/mol. The van der Waals surface area contributed by atoms with Gasteiger partial charge in [-0.15, -0.1) is 0 Å². The molecule has 0 aliphatic carbocycles. The summed E-state index contributed by atoms with van der Waals surface area (Å²) < 4.78 is 5.12. The van der Waals surface area contributed by atoms with E-state index in [4.69, 9.17) is 4.74 Å². The van der Waals surface area contributed by atoms with E-state index >= 15 is 0 Å². The highest BCUT2D eigenvalue weighted by Crippen LogP contribution is 2.26. The number of ether oxygens (including phenoxy) is 1. The number of benzene rings is 2. The number of H-pyrrole nitrogens is 1. The number of fused-ring (bicyclic) bond motifs is 1. The van der Waals surface area contributed by atoms with Gasteiger partial charge in [0.2, 0.25) is 0 Å². The molecule has 0 amide bonds.